The van der Waals surface area contributed by atoms with Crippen LogP contribution in [0.4, 0.5) is 5.69 Å². The van der Waals surface area contributed by atoms with Gasteiger partial charge in [-0.05, 0) is 31.2 Å². The number of sulfonamides is 1. The van der Waals surface area contributed by atoms with E-state index in [1.165, 1.54) is 17.0 Å². The zero-order valence-electron chi connectivity index (χ0n) is 12.8. The summed E-state index contributed by atoms with van der Waals surface area (Å²) >= 11 is 0. The Balaban J connectivity index is 1.85. The number of amides is 1. The van der Waals surface area contributed by atoms with Crippen LogP contribution in [-0.4, -0.2) is 53.6 Å². The molecule has 1 amide bonds. The molecule has 22 heavy (non-hydrogen) atoms. The molecule has 0 aromatic heterocycles. The van der Waals surface area contributed by atoms with E-state index in [0.717, 1.165) is 32.7 Å². The summed E-state index contributed by atoms with van der Waals surface area (Å²) in [4.78, 5) is 14.9. The van der Waals surface area contributed by atoms with Gasteiger partial charge < -0.3 is 15.1 Å². The Labute approximate surface area is 131 Å². The van der Waals surface area contributed by atoms with Crippen molar-refractivity contribution in [1.82, 2.24) is 0 Å². The molecule has 1 saturated heterocycles. The first-order chi connectivity index (χ1) is 10.4. The van der Waals surface area contributed by atoms with Gasteiger partial charge in [-0.1, -0.05) is 0 Å². The molecule has 5 N–H and O–H groups in total. The molecular weight excluding hydrogens is 304 g/mol. The zero-order valence-corrected chi connectivity index (χ0v) is 13.6. The molecule has 0 spiro atoms. The fourth-order valence-corrected chi connectivity index (χ4v) is 3.16. The van der Waals surface area contributed by atoms with Gasteiger partial charge in [-0.3, -0.25) is 4.79 Å². The van der Waals surface area contributed by atoms with Crippen LogP contribution in [0.5, 0.6) is 0 Å². The standard InChI is InChI=1S/C14H22N4O3S/c1-2-17-7-9-18(10-8-17)11-14(19)16-12-3-5-13(6-4-12)22(15,20)21/h3-6H,2,7-11H2,1H3,(H,16,19)(H2,15,20,21)/p+2. The van der Waals surface area contributed by atoms with E-state index in [0.29, 0.717) is 12.2 Å². The molecule has 0 radical (unpaired) electrons. The van der Waals surface area contributed by atoms with Crippen LogP contribution in [0.1, 0.15) is 6.92 Å². The third-order valence-corrected chi connectivity index (χ3v) is 4.97. The minimum absolute atomic E-state index is 0.0368. The monoisotopic (exact) mass is 328 g/mol. The second kappa shape index (κ2) is 7.19. The van der Waals surface area contributed by atoms with Crippen LogP contribution < -0.4 is 20.3 Å². The topological polar surface area (TPSA) is 98.1 Å². The number of anilines is 1. The molecule has 1 aromatic carbocycles. The van der Waals surface area contributed by atoms with Gasteiger partial charge in [-0.15, -0.1) is 0 Å². The van der Waals surface area contributed by atoms with Crippen molar-refractivity contribution >= 4 is 21.6 Å². The molecular formula is C14H24N4O3S+2. The van der Waals surface area contributed by atoms with Gasteiger partial charge in [0, 0.05) is 5.69 Å². The highest BCUT2D eigenvalue weighted by Gasteiger charge is 2.23. The second-order valence-electron chi connectivity index (χ2n) is 5.65. The molecule has 1 heterocycles. The highest BCUT2D eigenvalue weighted by molar-refractivity contribution is 7.89. The maximum Gasteiger partial charge on any atom is 0.279 e. The first kappa shape index (κ1) is 16.9. The molecule has 1 fully saturated rings. The molecule has 2 rings (SSSR count). The summed E-state index contributed by atoms with van der Waals surface area (Å²) in [6, 6.07) is 5.88. The molecule has 0 saturated carbocycles. The molecule has 0 atom stereocenters. The first-order valence-electron chi connectivity index (χ1n) is 7.48. The van der Waals surface area contributed by atoms with Gasteiger partial charge >= 0.3 is 0 Å². The molecule has 8 heteroatoms. The van der Waals surface area contributed by atoms with Gasteiger partial charge in [0.05, 0.1) is 11.4 Å². The molecule has 1 aromatic rings. The van der Waals surface area contributed by atoms with E-state index in [-0.39, 0.29) is 10.8 Å². The van der Waals surface area contributed by atoms with E-state index in [2.05, 4.69) is 12.2 Å². The number of benzene rings is 1. The fourth-order valence-electron chi connectivity index (χ4n) is 2.65. The molecule has 0 aliphatic carbocycles. The minimum atomic E-state index is -3.70. The lowest BCUT2D eigenvalue weighted by Crippen LogP contribution is -3.28. The molecule has 0 unspecified atom stereocenters. The Morgan fingerprint density at radius 2 is 1.68 bits per heavy atom. The van der Waals surface area contributed by atoms with Gasteiger partial charge in [-0.25, -0.2) is 13.6 Å². The van der Waals surface area contributed by atoms with E-state index in [1.807, 2.05) is 0 Å². The predicted molar refractivity (Wildman–Crippen MR) is 83.2 cm³/mol. The van der Waals surface area contributed by atoms with Crippen molar-refractivity contribution in [3.8, 4) is 0 Å². The number of quaternary nitrogens is 2. The number of likely N-dealkylation sites (N-methyl/N-ethyl adjacent to an activating group) is 1. The fraction of sp³-hybridized carbons (Fsp3) is 0.500. The van der Waals surface area contributed by atoms with Gasteiger partial charge in [-0.2, -0.15) is 0 Å². The minimum Gasteiger partial charge on any atom is -0.326 e. The number of hydrogen-bond acceptors (Lipinski definition) is 3. The molecule has 7 nitrogen and oxygen atoms in total. The molecule has 0 bridgehead atoms. The smallest absolute Gasteiger partial charge is 0.279 e. The van der Waals surface area contributed by atoms with Gasteiger partial charge in [0.15, 0.2) is 6.54 Å². The number of carbonyl (C=O) groups excluding carboxylic acids is 1. The van der Waals surface area contributed by atoms with Crippen molar-refractivity contribution in [3.05, 3.63) is 24.3 Å². The van der Waals surface area contributed by atoms with E-state index in [9.17, 15) is 13.2 Å². The third kappa shape index (κ3) is 4.77. The second-order valence-corrected chi connectivity index (χ2v) is 7.21. The molecule has 122 valence electrons. The SMILES string of the molecule is CC[NH+]1CC[NH+](CC(=O)Nc2ccc(S(N)(=O)=O)cc2)CC1. The van der Waals surface area contributed by atoms with Crippen molar-refractivity contribution in [1.29, 1.82) is 0 Å². The number of nitrogens with one attached hydrogen (secondary N) is 3. The zero-order chi connectivity index (χ0) is 16.2. The third-order valence-electron chi connectivity index (χ3n) is 4.04. The Morgan fingerprint density at radius 3 is 2.18 bits per heavy atom. The molecule has 1 aliphatic rings. The summed E-state index contributed by atoms with van der Waals surface area (Å²) in [6.45, 7) is 7.95. The highest BCUT2D eigenvalue weighted by Crippen LogP contribution is 2.12. The van der Waals surface area contributed by atoms with Crippen molar-refractivity contribution < 1.29 is 23.0 Å². The van der Waals surface area contributed by atoms with Crippen LogP contribution in [-0.2, 0) is 14.8 Å². The summed E-state index contributed by atoms with van der Waals surface area (Å²) < 4.78 is 22.3. The van der Waals surface area contributed by atoms with E-state index in [1.54, 1.807) is 17.0 Å². The quantitative estimate of drug-likeness (QED) is 0.466. The number of piperazine rings is 1. The van der Waals surface area contributed by atoms with Gasteiger partial charge in [0.2, 0.25) is 10.0 Å². The predicted octanol–water partition coefficient (Wildman–Crippen LogP) is -2.92. The van der Waals surface area contributed by atoms with Crippen LogP contribution in [0, 0.1) is 0 Å². The van der Waals surface area contributed by atoms with Crippen molar-refractivity contribution in [2.45, 2.75) is 11.8 Å². The van der Waals surface area contributed by atoms with Crippen LogP contribution in [0.15, 0.2) is 29.2 Å². The Kier molecular flexibility index (Phi) is 5.52. The average Bonchev–Trinajstić information content (AvgIpc) is 2.47. The number of rotatable bonds is 5. The summed E-state index contributed by atoms with van der Waals surface area (Å²) in [7, 11) is -3.70. The van der Waals surface area contributed by atoms with Crippen LogP contribution in [0.25, 0.3) is 0 Å². The van der Waals surface area contributed by atoms with Gasteiger partial charge in [0.25, 0.3) is 5.91 Å². The maximum atomic E-state index is 12.0. The van der Waals surface area contributed by atoms with Crippen LogP contribution in [0.2, 0.25) is 0 Å². The lowest BCUT2D eigenvalue weighted by Gasteiger charge is -2.28. The number of carbonyl (C=O) groups is 1. The summed E-state index contributed by atoms with van der Waals surface area (Å²) in [6.07, 6.45) is 0. The normalized spacial score (nSPS) is 22.3. The van der Waals surface area contributed by atoms with Crippen molar-refractivity contribution in [2.24, 2.45) is 5.14 Å². The van der Waals surface area contributed by atoms with Crippen LogP contribution >= 0.6 is 0 Å². The Morgan fingerprint density at radius 1 is 1.14 bits per heavy atom. The number of primary sulfonamides is 1. The average molecular weight is 328 g/mol. The summed E-state index contributed by atoms with van der Waals surface area (Å²) in [5.74, 6) is -0.0571. The molecule has 1 aliphatic heterocycles. The Hall–Kier alpha value is -1.48. The van der Waals surface area contributed by atoms with Crippen LogP contribution in [0.3, 0.4) is 0 Å². The lowest BCUT2D eigenvalue weighted by molar-refractivity contribution is -1.01. The van der Waals surface area contributed by atoms with E-state index in [4.69, 9.17) is 5.14 Å². The highest BCUT2D eigenvalue weighted by atomic mass is 32.2. The van der Waals surface area contributed by atoms with Gasteiger partial charge in [0.1, 0.15) is 26.2 Å². The Bertz CT molecular complexity index is 607. The maximum absolute atomic E-state index is 12.0. The number of nitrogens with two attached hydrogens (primary N) is 1. The van der Waals surface area contributed by atoms with E-state index >= 15 is 0 Å². The summed E-state index contributed by atoms with van der Waals surface area (Å²) in [5, 5.41) is 7.82. The summed E-state index contributed by atoms with van der Waals surface area (Å²) in [5.41, 5.74) is 0.578. The first-order valence-corrected chi connectivity index (χ1v) is 9.03. The largest absolute Gasteiger partial charge is 0.326 e. The van der Waals surface area contributed by atoms with Crippen molar-refractivity contribution in [2.75, 3.05) is 44.6 Å². The van der Waals surface area contributed by atoms with E-state index < -0.39 is 10.0 Å². The van der Waals surface area contributed by atoms with Crippen molar-refractivity contribution in [3.63, 3.8) is 0 Å². The number of hydrogen-bond donors (Lipinski definition) is 4. The lowest BCUT2D eigenvalue weighted by atomic mass is 10.3.